The molecule has 20 heavy (non-hydrogen) atoms. The summed E-state index contributed by atoms with van der Waals surface area (Å²) in [5.41, 5.74) is 0.377. The largest absolute Gasteiger partial charge is 0.313 e. The van der Waals surface area contributed by atoms with Crippen molar-refractivity contribution in [3.05, 3.63) is 0 Å². The Balaban J connectivity index is 2.55. The summed E-state index contributed by atoms with van der Waals surface area (Å²) in [6, 6.07) is 1.08. The highest BCUT2D eigenvalue weighted by atomic mass is 15.1. The summed E-state index contributed by atoms with van der Waals surface area (Å²) in [5.74, 6) is 0. The van der Waals surface area contributed by atoms with Crippen LogP contribution in [0.4, 0.5) is 0 Å². The molecule has 4 nitrogen and oxygen atoms in total. The first-order valence-corrected chi connectivity index (χ1v) is 8.17. The van der Waals surface area contributed by atoms with Crippen LogP contribution in [0.15, 0.2) is 0 Å². The third kappa shape index (κ3) is 7.58. The van der Waals surface area contributed by atoms with Crippen molar-refractivity contribution in [3.8, 4) is 0 Å². The first-order valence-electron chi connectivity index (χ1n) is 8.17. The minimum atomic E-state index is 0.189. The Morgan fingerprint density at radius 1 is 0.650 bits per heavy atom. The molecule has 0 aromatic carbocycles. The van der Waals surface area contributed by atoms with Gasteiger partial charge < -0.3 is 21.3 Å². The van der Waals surface area contributed by atoms with Gasteiger partial charge in [-0.05, 0) is 54.4 Å². The molecule has 0 radical (unpaired) electrons. The van der Waals surface area contributed by atoms with Crippen LogP contribution in [0.1, 0.15) is 54.4 Å². The first-order chi connectivity index (χ1) is 9.20. The Morgan fingerprint density at radius 3 is 1.35 bits per heavy atom. The van der Waals surface area contributed by atoms with Crippen molar-refractivity contribution in [2.75, 3.05) is 26.2 Å². The standard InChI is InChI=1S/C16H36N4/c1-13-11-15(3,4)19-10-8-18-14(2)12-16(5,6)20-9-7-17-13/h13-14,17-20H,7-12H2,1-6H3/t13-,14+. The van der Waals surface area contributed by atoms with E-state index in [0.29, 0.717) is 12.1 Å². The van der Waals surface area contributed by atoms with Gasteiger partial charge in [0.05, 0.1) is 0 Å². The molecule has 0 spiro atoms. The average Bonchev–Trinajstić information content (AvgIpc) is 2.28. The quantitative estimate of drug-likeness (QED) is 0.544. The molecule has 120 valence electrons. The summed E-state index contributed by atoms with van der Waals surface area (Å²) in [6.07, 6.45) is 2.29. The minimum absolute atomic E-state index is 0.189. The highest BCUT2D eigenvalue weighted by Crippen LogP contribution is 2.13. The van der Waals surface area contributed by atoms with Crippen molar-refractivity contribution in [1.82, 2.24) is 21.3 Å². The second kappa shape index (κ2) is 7.74. The van der Waals surface area contributed by atoms with E-state index >= 15 is 0 Å². The lowest BCUT2D eigenvalue weighted by atomic mass is 9.94. The highest BCUT2D eigenvalue weighted by Gasteiger charge is 2.22. The van der Waals surface area contributed by atoms with E-state index in [0.717, 1.165) is 39.0 Å². The Labute approximate surface area is 125 Å². The van der Waals surface area contributed by atoms with Crippen LogP contribution < -0.4 is 21.3 Å². The lowest BCUT2D eigenvalue weighted by Gasteiger charge is -2.33. The monoisotopic (exact) mass is 284 g/mol. The first kappa shape index (κ1) is 17.9. The molecule has 4 heteroatoms. The Kier molecular flexibility index (Phi) is 6.92. The summed E-state index contributed by atoms with van der Waals surface area (Å²) >= 11 is 0. The molecule has 0 bridgehead atoms. The van der Waals surface area contributed by atoms with Crippen molar-refractivity contribution in [3.63, 3.8) is 0 Å². The molecular weight excluding hydrogens is 248 g/mol. The minimum Gasteiger partial charge on any atom is -0.313 e. The number of hydrogen-bond donors (Lipinski definition) is 4. The molecule has 0 aromatic heterocycles. The van der Waals surface area contributed by atoms with Crippen molar-refractivity contribution in [2.24, 2.45) is 0 Å². The normalized spacial score (nSPS) is 33.3. The summed E-state index contributed by atoms with van der Waals surface area (Å²) in [5, 5.41) is 14.6. The molecular formula is C16H36N4. The smallest absolute Gasteiger partial charge is 0.0140 e. The second-order valence-corrected chi connectivity index (χ2v) is 7.74. The molecule has 1 aliphatic rings. The van der Waals surface area contributed by atoms with E-state index in [2.05, 4.69) is 62.8 Å². The average molecular weight is 284 g/mol. The van der Waals surface area contributed by atoms with Gasteiger partial charge in [-0.25, -0.2) is 0 Å². The third-order valence-corrected chi connectivity index (χ3v) is 4.08. The molecule has 4 N–H and O–H groups in total. The van der Waals surface area contributed by atoms with Crippen molar-refractivity contribution >= 4 is 0 Å². The van der Waals surface area contributed by atoms with Gasteiger partial charge in [0, 0.05) is 49.3 Å². The van der Waals surface area contributed by atoms with Gasteiger partial charge in [-0.3, -0.25) is 0 Å². The van der Waals surface area contributed by atoms with E-state index in [1.165, 1.54) is 0 Å². The van der Waals surface area contributed by atoms with Gasteiger partial charge in [-0.1, -0.05) is 0 Å². The maximum atomic E-state index is 3.67. The zero-order chi connectivity index (χ0) is 15.2. The van der Waals surface area contributed by atoms with Gasteiger partial charge in [0.2, 0.25) is 0 Å². The Morgan fingerprint density at radius 2 is 1.00 bits per heavy atom. The third-order valence-electron chi connectivity index (χ3n) is 4.08. The predicted molar refractivity (Wildman–Crippen MR) is 88.3 cm³/mol. The fraction of sp³-hybridized carbons (Fsp3) is 1.00. The predicted octanol–water partition coefficient (Wildman–Crippen LogP) is 1.47. The van der Waals surface area contributed by atoms with Gasteiger partial charge in [0.25, 0.3) is 0 Å². The van der Waals surface area contributed by atoms with Crippen molar-refractivity contribution in [2.45, 2.75) is 77.5 Å². The molecule has 1 fully saturated rings. The zero-order valence-electron chi connectivity index (χ0n) is 14.4. The molecule has 0 saturated carbocycles. The van der Waals surface area contributed by atoms with Gasteiger partial charge in [0.1, 0.15) is 0 Å². The fourth-order valence-corrected chi connectivity index (χ4v) is 3.26. The molecule has 0 aliphatic carbocycles. The van der Waals surface area contributed by atoms with E-state index in [1.807, 2.05) is 0 Å². The molecule has 2 atom stereocenters. The van der Waals surface area contributed by atoms with Crippen LogP contribution in [0.2, 0.25) is 0 Å². The van der Waals surface area contributed by atoms with Crippen LogP contribution in [-0.4, -0.2) is 49.3 Å². The van der Waals surface area contributed by atoms with Crippen LogP contribution in [0.3, 0.4) is 0 Å². The summed E-state index contributed by atoms with van der Waals surface area (Å²) in [4.78, 5) is 0. The molecule has 0 unspecified atom stereocenters. The van der Waals surface area contributed by atoms with E-state index in [1.54, 1.807) is 0 Å². The van der Waals surface area contributed by atoms with E-state index < -0.39 is 0 Å². The lowest BCUT2D eigenvalue weighted by Crippen LogP contribution is -2.51. The van der Waals surface area contributed by atoms with Crippen LogP contribution in [0, 0.1) is 0 Å². The Bertz CT molecular complexity index is 248. The van der Waals surface area contributed by atoms with Gasteiger partial charge in [-0.15, -0.1) is 0 Å². The van der Waals surface area contributed by atoms with E-state index in [-0.39, 0.29) is 11.1 Å². The van der Waals surface area contributed by atoms with Gasteiger partial charge in [0.15, 0.2) is 0 Å². The van der Waals surface area contributed by atoms with Crippen LogP contribution in [0.25, 0.3) is 0 Å². The molecule has 0 aromatic rings. The van der Waals surface area contributed by atoms with E-state index in [4.69, 9.17) is 0 Å². The summed E-state index contributed by atoms with van der Waals surface area (Å²) in [6.45, 7) is 17.8. The summed E-state index contributed by atoms with van der Waals surface area (Å²) in [7, 11) is 0. The highest BCUT2D eigenvalue weighted by molar-refractivity contribution is 4.86. The fourth-order valence-electron chi connectivity index (χ4n) is 3.26. The topological polar surface area (TPSA) is 48.1 Å². The molecule has 0 amide bonds. The van der Waals surface area contributed by atoms with Crippen LogP contribution in [0.5, 0.6) is 0 Å². The molecule has 1 rings (SSSR count). The number of rotatable bonds is 0. The molecule has 1 saturated heterocycles. The Hall–Kier alpha value is -0.160. The number of nitrogens with one attached hydrogen (secondary N) is 4. The number of hydrogen-bond acceptors (Lipinski definition) is 4. The maximum absolute atomic E-state index is 3.67. The summed E-state index contributed by atoms with van der Waals surface area (Å²) < 4.78 is 0. The van der Waals surface area contributed by atoms with Crippen LogP contribution >= 0.6 is 0 Å². The van der Waals surface area contributed by atoms with Crippen LogP contribution in [-0.2, 0) is 0 Å². The maximum Gasteiger partial charge on any atom is 0.0140 e. The molecule has 1 aliphatic heterocycles. The van der Waals surface area contributed by atoms with Crippen molar-refractivity contribution < 1.29 is 0 Å². The van der Waals surface area contributed by atoms with Crippen molar-refractivity contribution in [1.29, 1.82) is 0 Å². The zero-order valence-corrected chi connectivity index (χ0v) is 14.4. The molecule has 1 heterocycles. The second-order valence-electron chi connectivity index (χ2n) is 7.74. The van der Waals surface area contributed by atoms with Gasteiger partial charge >= 0.3 is 0 Å². The SMILES string of the molecule is C[C@@H]1CC(C)(C)NCCN[C@@H](C)CC(C)(C)NCCN1. The van der Waals surface area contributed by atoms with Gasteiger partial charge in [-0.2, -0.15) is 0 Å². The lowest BCUT2D eigenvalue weighted by molar-refractivity contribution is 0.284. The van der Waals surface area contributed by atoms with E-state index in [9.17, 15) is 0 Å².